The highest BCUT2D eigenvalue weighted by atomic mass is 79.9. The smallest absolute Gasteiger partial charge is 0.242 e. The zero-order valence-electron chi connectivity index (χ0n) is 11.4. The summed E-state index contributed by atoms with van der Waals surface area (Å²) in [5, 5.41) is 15.3. The number of benzene rings is 1. The molecule has 1 aliphatic carbocycles. The van der Waals surface area contributed by atoms with Crippen molar-refractivity contribution in [1.29, 1.82) is 5.26 Å². The van der Waals surface area contributed by atoms with Gasteiger partial charge in [0, 0.05) is 10.5 Å². The zero-order chi connectivity index (χ0) is 14.5. The first-order chi connectivity index (χ1) is 9.60. The highest BCUT2D eigenvalue weighted by molar-refractivity contribution is 9.10. The van der Waals surface area contributed by atoms with E-state index >= 15 is 0 Å². The topological polar surface area (TPSA) is 64.9 Å². The fourth-order valence-electron chi connectivity index (χ4n) is 2.43. The number of nitrogens with one attached hydrogen (secondary N) is 2. The minimum absolute atomic E-state index is 0.0105. The Labute approximate surface area is 127 Å². The van der Waals surface area contributed by atoms with E-state index in [0.29, 0.717) is 17.3 Å². The monoisotopic (exact) mass is 335 g/mol. The van der Waals surface area contributed by atoms with Crippen LogP contribution in [0.1, 0.15) is 38.2 Å². The fourth-order valence-corrected chi connectivity index (χ4v) is 2.79. The number of hydrogen-bond donors (Lipinski definition) is 2. The van der Waals surface area contributed by atoms with Crippen molar-refractivity contribution in [2.24, 2.45) is 0 Å². The van der Waals surface area contributed by atoms with Crippen molar-refractivity contribution in [3.63, 3.8) is 0 Å². The summed E-state index contributed by atoms with van der Waals surface area (Å²) in [4.78, 5) is 12.1. The number of carbonyl (C=O) groups is 1. The second-order valence-corrected chi connectivity index (χ2v) is 6.07. The van der Waals surface area contributed by atoms with Gasteiger partial charge < -0.3 is 10.6 Å². The summed E-state index contributed by atoms with van der Waals surface area (Å²) in [5.41, 5.74) is 1.21. The summed E-state index contributed by atoms with van der Waals surface area (Å²) in [5.74, 6) is -0.0105. The lowest BCUT2D eigenvalue weighted by Crippen LogP contribution is -2.42. The second-order valence-electron chi connectivity index (χ2n) is 5.16. The van der Waals surface area contributed by atoms with Crippen molar-refractivity contribution in [1.82, 2.24) is 5.32 Å². The minimum Gasteiger partial charge on any atom is -0.373 e. The van der Waals surface area contributed by atoms with Crippen LogP contribution in [0.15, 0.2) is 22.7 Å². The third-order valence-electron chi connectivity index (χ3n) is 3.57. The quantitative estimate of drug-likeness (QED) is 0.888. The van der Waals surface area contributed by atoms with Crippen molar-refractivity contribution in [2.45, 2.75) is 44.7 Å². The molecule has 4 nitrogen and oxygen atoms in total. The van der Waals surface area contributed by atoms with Crippen LogP contribution in [0.5, 0.6) is 0 Å². The van der Waals surface area contributed by atoms with Gasteiger partial charge in [0.2, 0.25) is 5.91 Å². The first kappa shape index (κ1) is 14.9. The average Bonchev–Trinajstić information content (AvgIpc) is 2.93. The molecule has 1 atom stereocenters. The molecule has 20 heavy (non-hydrogen) atoms. The van der Waals surface area contributed by atoms with Gasteiger partial charge in [0.25, 0.3) is 0 Å². The number of carbonyl (C=O) groups excluding carboxylic acids is 1. The van der Waals surface area contributed by atoms with E-state index in [1.807, 2.05) is 19.1 Å². The van der Waals surface area contributed by atoms with E-state index in [1.165, 1.54) is 12.8 Å². The summed E-state index contributed by atoms with van der Waals surface area (Å²) >= 11 is 3.33. The first-order valence-corrected chi connectivity index (χ1v) is 7.66. The van der Waals surface area contributed by atoms with Crippen LogP contribution >= 0.6 is 15.9 Å². The highest BCUT2D eigenvalue weighted by Crippen LogP contribution is 2.21. The van der Waals surface area contributed by atoms with Gasteiger partial charge in [-0.1, -0.05) is 28.8 Å². The summed E-state index contributed by atoms with van der Waals surface area (Å²) in [7, 11) is 0. The number of nitrogens with zero attached hydrogens (tertiary/aromatic N) is 1. The Morgan fingerprint density at radius 1 is 1.45 bits per heavy atom. The lowest BCUT2D eigenvalue weighted by molar-refractivity contribution is -0.122. The first-order valence-electron chi connectivity index (χ1n) is 6.86. The van der Waals surface area contributed by atoms with E-state index in [1.54, 1.807) is 6.07 Å². The molecule has 2 N–H and O–H groups in total. The second kappa shape index (κ2) is 6.76. The molecule has 0 aromatic heterocycles. The lowest BCUT2D eigenvalue weighted by atomic mass is 10.1. The molecule has 5 heteroatoms. The van der Waals surface area contributed by atoms with Gasteiger partial charge in [0.1, 0.15) is 12.1 Å². The van der Waals surface area contributed by atoms with Crippen LogP contribution in [0.4, 0.5) is 5.69 Å². The molecule has 2 rings (SSSR count). The summed E-state index contributed by atoms with van der Waals surface area (Å²) in [6.45, 7) is 1.81. The standard InChI is InChI=1S/C15H18BrN3O/c1-10(15(20)19-13-4-2-3-5-13)18-14-7-6-12(16)8-11(14)9-17/h6-8,10,13,18H,2-5H2,1H3,(H,19,20). The Morgan fingerprint density at radius 2 is 2.15 bits per heavy atom. The molecule has 0 saturated heterocycles. The van der Waals surface area contributed by atoms with Gasteiger partial charge in [-0.15, -0.1) is 0 Å². The van der Waals surface area contributed by atoms with Gasteiger partial charge in [-0.3, -0.25) is 4.79 Å². The molecule has 1 unspecified atom stereocenters. The van der Waals surface area contributed by atoms with Crippen LogP contribution in [-0.4, -0.2) is 18.0 Å². The summed E-state index contributed by atoms with van der Waals surface area (Å²) in [6.07, 6.45) is 4.52. The molecular formula is C15H18BrN3O. The van der Waals surface area contributed by atoms with Crippen LogP contribution in [0.25, 0.3) is 0 Å². The van der Waals surface area contributed by atoms with Gasteiger partial charge in [0.05, 0.1) is 11.3 Å². The molecule has 1 amide bonds. The molecular weight excluding hydrogens is 318 g/mol. The molecule has 0 spiro atoms. The largest absolute Gasteiger partial charge is 0.373 e. The molecule has 106 valence electrons. The van der Waals surface area contributed by atoms with Crippen molar-refractivity contribution in [3.8, 4) is 6.07 Å². The molecule has 0 bridgehead atoms. The Balaban J connectivity index is 1.98. The van der Waals surface area contributed by atoms with Crippen LogP contribution in [0, 0.1) is 11.3 Å². The predicted octanol–water partition coefficient (Wildman–Crippen LogP) is 3.18. The van der Waals surface area contributed by atoms with Crippen LogP contribution in [-0.2, 0) is 4.79 Å². The van der Waals surface area contributed by atoms with E-state index < -0.39 is 0 Å². The number of halogens is 1. The molecule has 0 heterocycles. The Morgan fingerprint density at radius 3 is 2.80 bits per heavy atom. The number of hydrogen-bond acceptors (Lipinski definition) is 3. The Bertz CT molecular complexity index is 532. The normalized spacial score (nSPS) is 16.4. The third kappa shape index (κ3) is 3.73. The summed E-state index contributed by atoms with van der Waals surface area (Å²) in [6, 6.07) is 7.48. The molecule has 0 aliphatic heterocycles. The van der Waals surface area contributed by atoms with Crippen molar-refractivity contribution >= 4 is 27.5 Å². The SMILES string of the molecule is CC(Nc1ccc(Br)cc1C#N)C(=O)NC1CCCC1. The van der Waals surface area contributed by atoms with Gasteiger partial charge in [-0.2, -0.15) is 5.26 Å². The maximum Gasteiger partial charge on any atom is 0.242 e. The maximum atomic E-state index is 12.1. The minimum atomic E-state index is -0.358. The molecule has 1 saturated carbocycles. The average molecular weight is 336 g/mol. The van der Waals surface area contributed by atoms with E-state index in [0.717, 1.165) is 17.3 Å². The van der Waals surface area contributed by atoms with Gasteiger partial charge >= 0.3 is 0 Å². The Hall–Kier alpha value is -1.54. The summed E-state index contributed by atoms with van der Waals surface area (Å²) < 4.78 is 0.850. The predicted molar refractivity (Wildman–Crippen MR) is 82.3 cm³/mol. The van der Waals surface area contributed by atoms with E-state index in [-0.39, 0.29) is 11.9 Å². The molecule has 1 fully saturated rings. The van der Waals surface area contributed by atoms with Gasteiger partial charge in [-0.05, 0) is 38.0 Å². The third-order valence-corrected chi connectivity index (χ3v) is 4.06. The van der Waals surface area contributed by atoms with E-state index in [2.05, 4.69) is 32.6 Å². The van der Waals surface area contributed by atoms with Gasteiger partial charge in [-0.25, -0.2) is 0 Å². The number of nitriles is 1. The number of anilines is 1. The van der Waals surface area contributed by atoms with Crippen LogP contribution in [0.3, 0.4) is 0 Å². The number of amides is 1. The van der Waals surface area contributed by atoms with Crippen molar-refractivity contribution < 1.29 is 4.79 Å². The van der Waals surface area contributed by atoms with Crippen LogP contribution in [0.2, 0.25) is 0 Å². The molecule has 0 radical (unpaired) electrons. The molecule has 1 aliphatic rings. The fraction of sp³-hybridized carbons (Fsp3) is 0.467. The molecule has 1 aromatic rings. The van der Waals surface area contributed by atoms with E-state index in [4.69, 9.17) is 5.26 Å². The van der Waals surface area contributed by atoms with Crippen molar-refractivity contribution in [2.75, 3.05) is 5.32 Å². The van der Waals surface area contributed by atoms with E-state index in [9.17, 15) is 4.79 Å². The maximum absolute atomic E-state index is 12.1. The van der Waals surface area contributed by atoms with Gasteiger partial charge in [0.15, 0.2) is 0 Å². The lowest BCUT2D eigenvalue weighted by Gasteiger charge is -2.19. The van der Waals surface area contributed by atoms with Crippen LogP contribution < -0.4 is 10.6 Å². The number of rotatable bonds is 4. The highest BCUT2D eigenvalue weighted by Gasteiger charge is 2.21. The molecule has 1 aromatic carbocycles. The zero-order valence-corrected chi connectivity index (χ0v) is 13.0. The van der Waals surface area contributed by atoms with Crippen molar-refractivity contribution in [3.05, 3.63) is 28.2 Å². The Kier molecular flexibility index (Phi) is 5.02.